The Morgan fingerprint density at radius 2 is 1.77 bits per heavy atom. The number of rotatable bonds is 6. The highest BCUT2D eigenvalue weighted by molar-refractivity contribution is 7.90. The van der Waals surface area contributed by atoms with Crippen molar-refractivity contribution in [3.8, 4) is 0 Å². The van der Waals surface area contributed by atoms with Gasteiger partial charge in [-0.15, -0.1) is 0 Å². The predicted octanol–water partition coefficient (Wildman–Crippen LogP) is 0.853. The largest absolute Gasteiger partial charge is 0.348 e. The van der Waals surface area contributed by atoms with E-state index < -0.39 is 26.0 Å². The third-order valence-electron chi connectivity index (χ3n) is 4.58. The first-order chi connectivity index (χ1) is 14.0. The van der Waals surface area contributed by atoms with E-state index in [-0.39, 0.29) is 28.2 Å². The molecule has 30 heavy (non-hydrogen) atoms. The van der Waals surface area contributed by atoms with Crippen molar-refractivity contribution in [3.05, 3.63) is 59.7 Å². The Morgan fingerprint density at radius 1 is 1.13 bits per heavy atom. The molecule has 1 aliphatic heterocycles. The average Bonchev–Trinajstić information content (AvgIpc) is 2.97. The van der Waals surface area contributed by atoms with Crippen LogP contribution in [0.1, 0.15) is 24.1 Å². The third-order valence-corrected chi connectivity index (χ3v) is 7.81. The normalized spacial score (nSPS) is 17.4. The summed E-state index contributed by atoms with van der Waals surface area (Å²) in [7, 11) is -4.27. The summed E-state index contributed by atoms with van der Waals surface area (Å²) in [6.45, 7) is 1.50. The maximum atomic E-state index is 12.3. The monoisotopic (exact) mass is 450 g/mol. The second kappa shape index (κ2) is 8.17. The zero-order valence-corrected chi connectivity index (χ0v) is 18.3. The average molecular weight is 451 g/mol. The van der Waals surface area contributed by atoms with Gasteiger partial charge in [0.1, 0.15) is 12.4 Å². The molecule has 0 radical (unpaired) electrons. The van der Waals surface area contributed by atoms with Crippen molar-refractivity contribution >= 4 is 31.8 Å². The number of sulfonamides is 2. The summed E-state index contributed by atoms with van der Waals surface area (Å²) in [4.78, 5) is 16.7. The predicted molar refractivity (Wildman–Crippen MR) is 112 cm³/mol. The summed E-state index contributed by atoms with van der Waals surface area (Å²) in [6, 6.07) is 12.3. The van der Waals surface area contributed by atoms with Crippen molar-refractivity contribution < 1.29 is 21.6 Å². The molecule has 1 amide bonds. The molecule has 9 nitrogen and oxygen atoms in total. The number of nitrogens with one attached hydrogen (secondary N) is 2. The number of carbonyl (C=O) groups excluding carboxylic acids is 1. The summed E-state index contributed by atoms with van der Waals surface area (Å²) >= 11 is 0. The summed E-state index contributed by atoms with van der Waals surface area (Å²) in [5.74, 6) is -0.268. The number of nitrogens with zero attached hydrogens (tertiary/aromatic N) is 2. The van der Waals surface area contributed by atoms with Gasteiger partial charge in [0, 0.05) is 19.7 Å². The molecule has 160 valence electrons. The van der Waals surface area contributed by atoms with Gasteiger partial charge in [-0.2, -0.15) is 0 Å². The highest BCUT2D eigenvalue weighted by Gasteiger charge is 2.30. The van der Waals surface area contributed by atoms with E-state index in [4.69, 9.17) is 0 Å². The van der Waals surface area contributed by atoms with Crippen LogP contribution in [0, 0.1) is 0 Å². The van der Waals surface area contributed by atoms with Crippen LogP contribution < -0.4 is 10.0 Å². The molecule has 3 rings (SSSR count). The van der Waals surface area contributed by atoms with Crippen LogP contribution in [0.4, 0.5) is 0 Å². The van der Waals surface area contributed by atoms with Crippen LogP contribution in [-0.2, 0) is 24.8 Å². The molecule has 0 spiro atoms. The molecular formula is C19H22N4O5S2. The molecule has 0 saturated carbocycles. The zero-order chi connectivity index (χ0) is 22.1. The van der Waals surface area contributed by atoms with Crippen LogP contribution in [0.15, 0.2) is 63.3 Å². The van der Waals surface area contributed by atoms with Gasteiger partial charge in [0.15, 0.2) is 0 Å². The lowest BCUT2D eigenvalue weighted by atomic mass is 10.1. The first-order valence-electron chi connectivity index (χ1n) is 9.01. The Labute approximate surface area is 175 Å². The van der Waals surface area contributed by atoms with Crippen LogP contribution in [0.3, 0.4) is 0 Å². The highest BCUT2D eigenvalue weighted by Crippen LogP contribution is 2.22. The molecule has 0 aromatic heterocycles. The SMILES string of the molecule is CC(NC(=O)CN=C1NS(=O)(=O)c2ccccc21)c1ccc(S(=O)(=O)N(C)C)cc1. The van der Waals surface area contributed by atoms with Crippen LogP contribution >= 0.6 is 0 Å². The Morgan fingerprint density at radius 3 is 2.40 bits per heavy atom. The number of fused-ring (bicyclic) bond motifs is 1. The van der Waals surface area contributed by atoms with Crippen LogP contribution in [0.25, 0.3) is 0 Å². The fourth-order valence-corrected chi connectivity index (χ4v) is 5.06. The fraction of sp³-hybridized carbons (Fsp3) is 0.263. The van der Waals surface area contributed by atoms with Crippen molar-refractivity contribution in [1.29, 1.82) is 0 Å². The molecule has 0 aliphatic carbocycles. The molecular weight excluding hydrogens is 428 g/mol. The van der Waals surface area contributed by atoms with Gasteiger partial charge in [0.25, 0.3) is 10.0 Å². The molecule has 2 N–H and O–H groups in total. The molecule has 1 unspecified atom stereocenters. The van der Waals surface area contributed by atoms with Gasteiger partial charge in [0.05, 0.1) is 15.8 Å². The maximum absolute atomic E-state index is 12.3. The van der Waals surface area contributed by atoms with E-state index >= 15 is 0 Å². The minimum atomic E-state index is -3.66. The molecule has 0 bridgehead atoms. The number of hydrogen-bond donors (Lipinski definition) is 2. The Hall–Kier alpha value is -2.76. The van der Waals surface area contributed by atoms with Crippen LogP contribution in [0.5, 0.6) is 0 Å². The van der Waals surface area contributed by atoms with Crippen LogP contribution in [-0.4, -0.2) is 53.5 Å². The molecule has 1 heterocycles. The quantitative estimate of drug-likeness (QED) is 0.675. The maximum Gasteiger partial charge on any atom is 0.263 e. The van der Waals surface area contributed by atoms with E-state index in [9.17, 15) is 21.6 Å². The topological polar surface area (TPSA) is 125 Å². The van der Waals surface area contributed by atoms with E-state index in [1.165, 1.54) is 32.3 Å². The lowest BCUT2D eigenvalue weighted by molar-refractivity contribution is -0.120. The zero-order valence-electron chi connectivity index (χ0n) is 16.7. The molecule has 1 aliphatic rings. The summed E-state index contributed by atoms with van der Waals surface area (Å²) in [5, 5.41) is 2.76. The second-order valence-corrected chi connectivity index (χ2v) is 10.7. The van der Waals surface area contributed by atoms with Crippen molar-refractivity contribution in [2.24, 2.45) is 4.99 Å². The smallest absolute Gasteiger partial charge is 0.263 e. The Bertz CT molecular complexity index is 1200. The molecule has 11 heteroatoms. The molecule has 2 aromatic carbocycles. The fourth-order valence-electron chi connectivity index (χ4n) is 2.91. The van der Waals surface area contributed by atoms with Gasteiger partial charge in [-0.05, 0) is 36.8 Å². The van der Waals surface area contributed by atoms with E-state index in [0.29, 0.717) is 5.56 Å². The van der Waals surface area contributed by atoms with Crippen molar-refractivity contribution in [2.75, 3.05) is 20.6 Å². The Kier molecular flexibility index (Phi) is 5.97. The van der Waals surface area contributed by atoms with Crippen molar-refractivity contribution in [2.45, 2.75) is 22.8 Å². The first kappa shape index (κ1) is 21.9. The van der Waals surface area contributed by atoms with Crippen molar-refractivity contribution in [1.82, 2.24) is 14.3 Å². The van der Waals surface area contributed by atoms with Gasteiger partial charge in [-0.1, -0.05) is 24.3 Å². The third kappa shape index (κ3) is 4.37. The minimum Gasteiger partial charge on any atom is -0.348 e. The number of benzene rings is 2. The van der Waals surface area contributed by atoms with E-state index in [1.54, 1.807) is 37.3 Å². The summed E-state index contributed by atoms with van der Waals surface area (Å²) in [5.41, 5.74) is 1.15. The molecule has 2 aromatic rings. The minimum absolute atomic E-state index is 0.130. The van der Waals surface area contributed by atoms with Gasteiger partial charge in [-0.25, -0.2) is 21.1 Å². The molecule has 1 atom stereocenters. The first-order valence-corrected chi connectivity index (χ1v) is 11.9. The second-order valence-electron chi connectivity index (χ2n) is 6.91. The number of amidine groups is 1. The standard InChI is InChI=1S/C19H22N4O5S2/c1-13(14-8-10-15(11-9-14)30(27,28)23(2)3)21-18(24)12-20-19-16-6-4-5-7-17(16)29(25,26)22-19/h4-11,13H,12H2,1-3H3,(H,20,22)(H,21,24). The van der Waals surface area contributed by atoms with E-state index in [0.717, 1.165) is 9.87 Å². The number of amides is 1. The van der Waals surface area contributed by atoms with Crippen LogP contribution in [0.2, 0.25) is 0 Å². The van der Waals surface area contributed by atoms with Crippen molar-refractivity contribution in [3.63, 3.8) is 0 Å². The summed E-state index contributed by atoms with van der Waals surface area (Å²) < 4.78 is 51.9. The summed E-state index contributed by atoms with van der Waals surface area (Å²) in [6.07, 6.45) is 0. The number of carbonyl (C=O) groups is 1. The lowest BCUT2D eigenvalue weighted by Gasteiger charge is -2.15. The molecule has 0 fully saturated rings. The Balaban J connectivity index is 1.67. The highest BCUT2D eigenvalue weighted by atomic mass is 32.2. The molecule has 0 saturated heterocycles. The van der Waals surface area contributed by atoms with Gasteiger partial charge < -0.3 is 5.32 Å². The number of hydrogen-bond acceptors (Lipinski definition) is 6. The van der Waals surface area contributed by atoms with E-state index in [1.807, 2.05) is 0 Å². The lowest BCUT2D eigenvalue weighted by Crippen LogP contribution is -2.30. The number of aliphatic imine (C=N–C) groups is 1. The van der Waals surface area contributed by atoms with Gasteiger partial charge in [-0.3, -0.25) is 14.5 Å². The van der Waals surface area contributed by atoms with E-state index in [2.05, 4.69) is 15.0 Å². The van der Waals surface area contributed by atoms with Gasteiger partial charge >= 0.3 is 0 Å². The van der Waals surface area contributed by atoms with Gasteiger partial charge in [0.2, 0.25) is 15.9 Å².